The van der Waals surface area contributed by atoms with Gasteiger partial charge in [0.15, 0.2) is 6.04 Å². The Kier molecular flexibility index (Phi) is 6.34. The summed E-state index contributed by atoms with van der Waals surface area (Å²) in [5, 5.41) is 9.92. The van der Waals surface area contributed by atoms with Crippen LogP contribution in [0.2, 0.25) is 0 Å². The third kappa shape index (κ3) is 4.03. The van der Waals surface area contributed by atoms with E-state index in [1.807, 2.05) is 42.5 Å². The Hall–Kier alpha value is -3.12. The second-order valence-electron chi connectivity index (χ2n) is 7.05. The SMILES string of the molecule is COC(=O)[C@@H](CO)n1cnc(-c2ccccc2)c1-c1cc(C(C)C)ccc1OC. The summed E-state index contributed by atoms with van der Waals surface area (Å²) >= 11 is 0. The van der Waals surface area contributed by atoms with Gasteiger partial charge in [0.05, 0.1) is 38.5 Å². The number of carbonyl (C=O) groups is 1. The molecule has 0 saturated carbocycles. The highest BCUT2D eigenvalue weighted by molar-refractivity contribution is 5.84. The fourth-order valence-electron chi connectivity index (χ4n) is 3.35. The van der Waals surface area contributed by atoms with Crippen molar-refractivity contribution in [3.63, 3.8) is 0 Å². The summed E-state index contributed by atoms with van der Waals surface area (Å²) in [6.07, 6.45) is 1.57. The van der Waals surface area contributed by atoms with E-state index in [4.69, 9.17) is 9.47 Å². The number of methoxy groups -OCH3 is 2. The lowest BCUT2D eigenvalue weighted by atomic mass is 9.96. The minimum Gasteiger partial charge on any atom is -0.496 e. The van der Waals surface area contributed by atoms with Crippen LogP contribution in [0.15, 0.2) is 54.9 Å². The van der Waals surface area contributed by atoms with Crippen LogP contribution in [-0.4, -0.2) is 41.5 Å². The normalized spacial score (nSPS) is 12.1. The zero-order valence-electron chi connectivity index (χ0n) is 17.1. The van der Waals surface area contributed by atoms with E-state index in [0.717, 1.165) is 16.7 Å². The molecule has 0 radical (unpaired) electrons. The maximum Gasteiger partial charge on any atom is 0.331 e. The summed E-state index contributed by atoms with van der Waals surface area (Å²) in [5.74, 6) is 0.435. The number of aromatic nitrogens is 2. The van der Waals surface area contributed by atoms with Crippen LogP contribution in [0, 0.1) is 0 Å². The zero-order valence-corrected chi connectivity index (χ0v) is 17.1. The predicted molar refractivity (Wildman–Crippen MR) is 112 cm³/mol. The number of carbonyl (C=O) groups excluding carboxylic acids is 1. The van der Waals surface area contributed by atoms with Gasteiger partial charge in [0.25, 0.3) is 0 Å². The Morgan fingerprint density at radius 1 is 1.14 bits per heavy atom. The number of ether oxygens (including phenoxy) is 2. The molecule has 0 unspecified atom stereocenters. The molecule has 152 valence electrons. The minimum atomic E-state index is -0.910. The Bertz CT molecular complexity index is 980. The van der Waals surface area contributed by atoms with Gasteiger partial charge in [-0.1, -0.05) is 50.2 Å². The van der Waals surface area contributed by atoms with Gasteiger partial charge in [0, 0.05) is 11.1 Å². The number of hydrogen-bond acceptors (Lipinski definition) is 5. The molecular weight excluding hydrogens is 368 g/mol. The monoisotopic (exact) mass is 394 g/mol. The molecule has 0 aliphatic rings. The van der Waals surface area contributed by atoms with Gasteiger partial charge in [0.2, 0.25) is 0 Å². The molecule has 29 heavy (non-hydrogen) atoms. The molecule has 0 bridgehead atoms. The van der Waals surface area contributed by atoms with Gasteiger partial charge in [-0.05, 0) is 23.6 Å². The van der Waals surface area contributed by atoms with Crippen LogP contribution in [0.25, 0.3) is 22.5 Å². The first-order valence-corrected chi connectivity index (χ1v) is 9.51. The van der Waals surface area contributed by atoms with E-state index in [0.29, 0.717) is 23.1 Å². The maximum atomic E-state index is 12.3. The largest absolute Gasteiger partial charge is 0.496 e. The number of hydrogen-bond donors (Lipinski definition) is 1. The smallest absolute Gasteiger partial charge is 0.331 e. The highest BCUT2D eigenvalue weighted by Gasteiger charge is 2.27. The average Bonchev–Trinajstić information content (AvgIpc) is 3.18. The number of rotatable bonds is 7. The number of esters is 1. The standard InChI is InChI=1S/C23H26N2O4/c1-15(2)17-10-11-20(28-3)18(12-17)22-21(16-8-6-5-7-9-16)24-14-25(22)19(13-26)23(27)29-4/h5-12,14-15,19,26H,13H2,1-4H3/t19-/m1/s1. The molecule has 3 aromatic rings. The first-order valence-electron chi connectivity index (χ1n) is 9.51. The quantitative estimate of drug-likeness (QED) is 0.612. The molecule has 0 amide bonds. The first-order chi connectivity index (χ1) is 14.0. The number of benzene rings is 2. The van der Waals surface area contributed by atoms with Gasteiger partial charge in [-0.25, -0.2) is 9.78 Å². The Labute approximate surface area is 170 Å². The third-order valence-electron chi connectivity index (χ3n) is 4.97. The van der Waals surface area contributed by atoms with Crippen molar-refractivity contribution in [3.05, 3.63) is 60.4 Å². The molecule has 0 aliphatic heterocycles. The number of imidazole rings is 1. The van der Waals surface area contributed by atoms with Crippen molar-refractivity contribution in [1.29, 1.82) is 0 Å². The zero-order chi connectivity index (χ0) is 21.0. The van der Waals surface area contributed by atoms with E-state index < -0.39 is 18.6 Å². The van der Waals surface area contributed by atoms with Crippen LogP contribution < -0.4 is 4.74 Å². The molecule has 6 heteroatoms. The summed E-state index contributed by atoms with van der Waals surface area (Å²) in [4.78, 5) is 16.9. The summed E-state index contributed by atoms with van der Waals surface area (Å²) in [7, 11) is 2.92. The third-order valence-corrected chi connectivity index (χ3v) is 4.97. The summed E-state index contributed by atoms with van der Waals surface area (Å²) in [5.41, 5.74) is 4.23. The van der Waals surface area contributed by atoms with Crippen molar-refractivity contribution >= 4 is 5.97 Å². The van der Waals surface area contributed by atoms with Crippen LogP contribution in [0.5, 0.6) is 5.75 Å². The van der Waals surface area contributed by atoms with Gasteiger partial charge < -0.3 is 19.1 Å². The number of nitrogens with zero attached hydrogens (tertiary/aromatic N) is 2. The molecule has 0 aliphatic carbocycles. The fourth-order valence-corrected chi connectivity index (χ4v) is 3.35. The molecule has 0 fully saturated rings. The van der Waals surface area contributed by atoms with Gasteiger partial charge >= 0.3 is 5.97 Å². The molecule has 1 atom stereocenters. The molecule has 0 spiro atoms. The molecule has 1 aromatic heterocycles. The Morgan fingerprint density at radius 3 is 2.45 bits per heavy atom. The molecular formula is C23H26N2O4. The van der Waals surface area contributed by atoms with E-state index in [1.54, 1.807) is 18.0 Å². The van der Waals surface area contributed by atoms with Gasteiger partial charge in [0.1, 0.15) is 5.75 Å². The van der Waals surface area contributed by atoms with Crippen molar-refractivity contribution in [2.45, 2.75) is 25.8 Å². The van der Waals surface area contributed by atoms with Crippen molar-refractivity contribution < 1.29 is 19.4 Å². The Morgan fingerprint density at radius 2 is 1.86 bits per heavy atom. The first kappa shape index (κ1) is 20.6. The van der Waals surface area contributed by atoms with Crippen molar-refractivity contribution in [2.75, 3.05) is 20.8 Å². The topological polar surface area (TPSA) is 73.6 Å². The van der Waals surface area contributed by atoms with E-state index in [9.17, 15) is 9.90 Å². The van der Waals surface area contributed by atoms with Crippen molar-refractivity contribution in [2.24, 2.45) is 0 Å². The minimum absolute atomic E-state index is 0.311. The summed E-state index contributed by atoms with van der Waals surface area (Å²) in [6.45, 7) is 3.83. The van der Waals surface area contributed by atoms with Gasteiger partial charge in [-0.3, -0.25) is 0 Å². The molecule has 0 saturated heterocycles. The molecule has 6 nitrogen and oxygen atoms in total. The lowest BCUT2D eigenvalue weighted by molar-refractivity contribution is -0.145. The van der Waals surface area contributed by atoms with Gasteiger partial charge in [-0.2, -0.15) is 0 Å². The molecule has 2 aromatic carbocycles. The van der Waals surface area contributed by atoms with E-state index >= 15 is 0 Å². The summed E-state index contributed by atoms with van der Waals surface area (Å²) in [6, 6.07) is 14.8. The van der Waals surface area contributed by atoms with E-state index in [1.165, 1.54) is 7.11 Å². The van der Waals surface area contributed by atoms with Crippen LogP contribution in [0.1, 0.15) is 31.4 Å². The average molecular weight is 394 g/mol. The summed E-state index contributed by atoms with van der Waals surface area (Å²) < 4.78 is 12.2. The van der Waals surface area contributed by atoms with Crippen LogP contribution >= 0.6 is 0 Å². The molecule has 3 rings (SSSR count). The maximum absolute atomic E-state index is 12.3. The highest BCUT2D eigenvalue weighted by Crippen LogP contribution is 2.39. The second kappa shape index (κ2) is 8.92. The molecule has 1 N–H and O–H groups in total. The Balaban J connectivity index is 2.32. The van der Waals surface area contributed by atoms with E-state index in [2.05, 4.69) is 24.9 Å². The predicted octanol–water partition coefficient (Wildman–Crippen LogP) is 4.06. The lowest BCUT2D eigenvalue weighted by Crippen LogP contribution is -2.24. The van der Waals surface area contributed by atoms with Gasteiger partial charge in [-0.15, -0.1) is 0 Å². The van der Waals surface area contributed by atoms with Crippen molar-refractivity contribution in [3.8, 4) is 28.3 Å². The fraction of sp³-hybridized carbons (Fsp3) is 0.304. The number of aliphatic hydroxyl groups excluding tert-OH is 1. The van der Waals surface area contributed by atoms with Crippen molar-refractivity contribution in [1.82, 2.24) is 9.55 Å². The second-order valence-corrected chi connectivity index (χ2v) is 7.05. The van der Waals surface area contributed by atoms with E-state index in [-0.39, 0.29) is 0 Å². The highest BCUT2D eigenvalue weighted by atomic mass is 16.5. The molecule has 1 heterocycles. The number of aliphatic hydroxyl groups is 1. The van der Waals surface area contributed by atoms with Crippen LogP contribution in [-0.2, 0) is 9.53 Å². The van der Waals surface area contributed by atoms with Crippen LogP contribution in [0.4, 0.5) is 0 Å². The lowest BCUT2D eigenvalue weighted by Gasteiger charge is -2.20. The van der Waals surface area contributed by atoms with Crippen LogP contribution in [0.3, 0.4) is 0 Å².